The highest BCUT2D eigenvalue weighted by Crippen LogP contribution is 2.20. The molecule has 1 aromatic heterocycles. The van der Waals surface area contributed by atoms with Crippen LogP contribution in [0.1, 0.15) is 26.2 Å². The molecule has 0 aliphatic carbocycles. The van der Waals surface area contributed by atoms with Gasteiger partial charge in [0.05, 0.1) is 6.61 Å². The van der Waals surface area contributed by atoms with Crippen LogP contribution in [0.5, 0.6) is 5.88 Å². The van der Waals surface area contributed by atoms with Gasteiger partial charge in [-0.15, -0.1) is 0 Å². The van der Waals surface area contributed by atoms with Crippen molar-refractivity contribution >= 4 is 5.95 Å². The first kappa shape index (κ1) is 13.1. The average Bonchev–Trinajstić information content (AvgIpc) is 2.45. The molecule has 18 heavy (non-hydrogen) atoms. The van der Waals surface area contributed by atoms with E-state index in [1.54, 1.807) is 6.20 Å². The second kappa shape index (κ2) is 6.54. The number of nitrogens with zero attached hydrogens (tertiary/aromatic N) is 3. The Balaban J connectivity index is 1.96. The van der Waals surface area contributed by atoms with Gasteiger partial charge in [0.1, 0.15) is 0 Å². The van der Waals surface area contributed by atoms with E-state index in [-0.39, 0.29) is 0 Å². The van der Waals surface area contributed by atoms with Crippen molar-refractivity contribution in [1.82, 2.24) is 9.97 Å². The Kier molecular flexibility index (Phi) is 4.75. The minimum absolute atomic E-state index is 0.653. The number of ether oxygens (including phenoxy) is 1. The maximum atomic E-state index is 5.70. The molecular formula is C13H22N4O. The summed E-state index contributed by atoms with van der Waals surface area (Å²) in [7, 11) is 0. The van der Waals surface area contributed by atoms with Crippen molar-refractivity contribution in [2.45, 2.75) is 26.2 Å². The summed E-state index contributed by atoms with van der Waals surface area (Å²) in [6.07, 6.45) is 5.00. The molecule has 0 spiro atoms. The van der Waals surface area contributed by atoms with Gasteiger partial charge in [-0.25, -0.2) is 4.98 Å². The fraction of sp³-hybridized carbons (Fsp3) is 0.692. The quantitative estimate of drug-likeness (QED) is 0.856. The van der Waals surface area contributed by atoms with Crippen LogP contribution < -0.4 is 15.4 Å². The van der Waals surface area contributed by atoms with Gasteiger partial charge in [-0.05, 0) is 31.7 Å². The minimum Gasteiger partial charge on any atom is -0.478 e. The Morgan fingerprint density at radius 2 is 2.22 bits per heavy atom. The zero-order chi connectivity index (χ0) is 12.8. The van der Waals surface area contributed by atoms with Gasteiger partial charge in [0.15, 0.2) is 0 Å². The van der Waals surface area contributed by atoms with Crippen molar-refractivity contribution in [3.63, 3.8) is 0 Å². The second-order valence-corrected chi connectivity index (χ2v) is 4.71. The Hall–Kier alpha value is -1.36. The molecule has 2 heterocycles. The lowest BCUT2D eigenvalue weighted by Crippen LogP contribution is -2.37. The van der Waals surface area contributed by atoms with Gasteiger partial charge in [-0.2, -0.15) is 4.98 Å². The van der Waals surface area contributed by atoms with Gasteiger partial charge in [-0.1, -0.05) is 6.92 Å². The van der Waals surface area contributed by atoms with Crippen LogP contribution in [0.4, 0.5) is 5.95 Å². The molecule has 100 valence electrons. The predicted octanol–water partition coefficient (Wildman–Crippen LogP) is 1.44. The van der Waals surface area contributed by atoms with Crippen LogP contribution in [0.25, 0.3) is 0 Å². The molecule has 0 saturated carbocycles. The van der Waals surface area contributed by atoms with Crippen molar-refractivity contribution < 1.29 is 4.74 Å². The molecule has 2 N–H and O–H groups in total. The number of aromatic nitrogens is 2. The molecule has 1 saturated heterocycles. The van der Waals surface area contributed by atoms with E-state index in [9.17, 15) is 0 Å². The van der Waals surface area contributed by atoms with E-state index in [0.717, 1.165) is 44.8 Å². The average molecular weight is 250 g/mol. The summed E-state index contributed by atoms with van der Waals surface area (Å²) in [4.78, 5) is 11.0. The van der Waals surface area contributed by atoms with Crippen LogP contribution in [-0.2, 0) is 0 Å². The lowest BCUT2D eigenvalue weighted by molar-refractivity contribution is 0.304. The Labute approximate surface area is 108 Å². The fourth-order valence-corrected chi connectivity index (χ4v) is 2.14. The third-order valence-electron chi connectivity index (χ3n) is 3.30. The molecular weight excluding hydrogens is 228 g/mol. The third-order valence-corrected chi connectivity index (χ3v) is 3.30. The van der Waals surface area contributed by atoms with Gasteiger partial charge < -0.3 is 15.4 Å². The van der Waals surface area contributed by atoms with Crippen LogP contribution in [0, 0.1) is 5.92 Å². The monoisotopic (exact) mass is 250 g/mol. The van der Waals surface area contributed by atoms with E-state index in [1.165, 1.54) is 0 Å². The van der Waals surface area contributed by atoms with Crippen molar-refractivity contribution in [2.24, 2.45) is 11.7 Å². The highest BCUT2D eigenvalue weighted by molar-refractivity contribution is 5.32. The van der Waals surface area contributed by atoms with E-state index in [2.05, 4.69) is 21.8 Å². The first-order valence-corrected chi connectivity index (χ1v) is 6.74. The standard InChI is InChI=1S/C13H22N4O/c1-2-9-18-12-3-6-15-13(16-12)17-7-4-11(10-14)5-8-17/h3,6,11H,2,4-5,7-10,14H2,1H3. The molecule has 0 aromatic carbocycles. The zero-order valence-corrected chi connectivity index (χ0v) is 11.0. The molecule has 1 aliphatic rings. The van der Waals surface area contributed by atoms with Crippen LogP contribution >= 0.6 is 0 Å². The number of rotatable bonds is 5. The topological polar surface area (TPSA) is 64.3 Å². The minimum atomic E-state index is 0.653. The summed E-state index contributed by atoms with van der Waals surface area (Å²) >= 11 is 0. The molecule has 0 unspecified atom stereocenters. The molecule has 2 rings (SSSR count). The number of piperidine rings is 1. The van der Waals surface area contributed by atoms with Crippen molar-refractivity contribution in [3.8, 4) is 5.88 Å². The van der Waals surface area contributed by atoms with E-state index < -0.39 is 0 Å². The summed E-state index contributed by atoms with van der Waals surface area (Å²) in [5.41, 5.74) is 5.70. The van der Waals surface area contributed by atoms with Crippen LogP contribution in [-0.4, -0.2) is 36.2 Å². The van der Waals surface area contributed by atoms with Crippen LogP contribution in [0.3, 0.4) is 0 Å². The molecule has 1 fully saturated rings. The molecule has 1 aliphatic heterocycles. The smallest absolute Gasteiger partial charge is 0.228 e. The predicted molar refractivity (Wildman–Crippen MR) is 71.8 cm³/mol. The Bertz CT molecular complexity index is 364. The highest BCUT2D eigenvalue weighted by Gasteiger charge is 2.20. The van der Waals surface area contributed by atoms with Crippen molar-refractivity contribution in [3.05, 3.63) is 12.3 Å². The largest absolute Gasteiger partial charge is 0.478 e. The first-order chi connectivity index (χ1) is 8.83. The maximum absolute atomic E-state index is 5.70. The van der Waals surface area contributed by atoms with Crippen molar-refractivity contribution in [1.29, 1.82) is 0 Å². The van der Waals surface area contributed by atoms with Crippen LogP contribution in [0.15, 0.2) is 12.3 Å². The number of nitrogens with two attached hydrogens (primary N) is 1. The van der Waals surface area contributed by atoms with Gasteiger partial charge in [0, 0.05) is 25.4 Å². The van der Waals surface area contributed by atoms with Crippen molar-refractivity contribution in [2.75, 3.05) is 31.1 Å². The van der Waals surface area contributed by atoms with Gasteiger partial charge in [0.25, 0.3) is 0 Å². The van der Waals surface area contributed by atoms with Gasteiger partial charge in [0.2, 0.25) is 11.8 Å². The number of hydrogen-bond acceptors (Lipinski definition) is 5. The highest BCUT2D eigenvalue weighted by atomic mass is 16.5. The van der Waals surface area contributed by atoms with E-state index in [1.807, 2.05) is 6.07 Å². The number of anilines is 1. The maximum Gasteiger partial charge on any atom is 0.228 e. The SMILES string of the molecule is CCCOc1ccnc(N2CCC(CN)CC2)n1. The summed E-state index contributed by atoms with van der Waals surface area (Å²) < 4.78 is 5.53. The van der Waals surface area contributed by atoms with E-state index in [4.69, 9.17) is 10.5 Å². The van der Waals surface area contributed by atoms with Crippen LogP contribution in [0.2, 0.25) is 0 Å². The third kappa shape index (κ3) is 3.32. The molecule has 0 bridgehead atoms. The zero-order valence-electron chi connectivity index (χ0n) is 11.0. The summed E-state index contributed by atoms with van der Waals surface area (Å²) in [6.45, 7) is 5.54. The number of hydrogen-bond donors (Lipinski definition) is 1. The van der Waals surface area contributed by atoms with E-state index in [0.29, 0.717) is 18.4 Å². The molecule has 0 atom stereocenters. The van der Waals surface area contributed by atoms with E-state index >= 15 is 0 Å². The molecule has 5 nitrogen and oxygen atoms in total. The molecule has 1 aromatic rings. The molecule has 5 heteroatoms. The normalized spacial score (nSPS) is 16.9. The Morgan fingerprint density at radius 1 is 1.44 bits per heavy atom. The lowest BCUT2D eigenvalue weighted by Gasteiger charge is -2.31. The lowest BCUT2D eigenvalue weighted by atomic mass is 9.97. The van der Waals surface area contributed by atoms with Gasteiger partial charge in [-0.3, -0.25) is 0 Å². The first-order valence-electron chi connectivity index (χ1n) is 6.74. The Morgan fingerprint density at radius 3 is 2.89 bits per heavy atom. The molecule has 0 radical (unpaired) electrons. The summed E-state index contributed by atoms with van der Waals surface area (Å²) in [5.74, 6) is 2.10. The second-order valence-electron chi connectivity index (χ2n) is 4.71. The van der Waals surface area contributed by atoms with Gasteiger partial charge >= 0.3 is 0 Å². The summed E-state index contributed by atoms with van der Waals surface area (Å²) in [6, 6.07) is 1.81. The fourth-order valence-electron chi connectivity index (χ4n) is 2.14. The molecule has 0 amide bonds. The summed E-state index contributed by atoms with van der Waals surface area (Å²) in [5, 5.41) is 0.